The number of carbonyl (C=O) groups excluding carboxylic acids is 2. The van der Waals surface area contributed by atoms with Gasteiger partial charge in [-0.2, -0.15) is 0 Å². The topological polar surface area (TPSA) is 70.1 Å². The quantitative estimate of drug-likeness (QED) is 0.721. The molecule has 0 bridgehead atoms. The third-order valence-corrected chi connectivity index (χ3v) is 3.98. The van der Waals surface area contributed by atoms with Crippen molar-refractivity contribution in [3.63, 3.8) is 0 Å². The van der Waals surface area contributed by atoms with E-state index in [0.29, 0.717) is 52.1 Å². The Labute approximate surface area is 119 Å². The van der Waals surface area contributed by atoms with Crippen LogP contribution in [0.25, 0.3) is 0 Å². The Balaban J connectivity index is 1.88. The molecule has 6 nitrogen and oxygen atoms in total. The molecule has 2 aliphatic heterocycles. The van der Waals surface area contributed by atoms with Gasteiger partial charge in [0.1, 0.15) is 6.04 Å². The van der Waals surface area contributed by atoms with E-state index in [0.717, 1.165) is 12.8 Å². The van der Waals surface area contributed by atoms with E-state index in [1.807, 2.05) is 4.90 Å². The summed E-state index contributed by atoms with van der Waals surface area (Å²) in [5.74, 6) is 0.115. The number of ether oxygens (including phenoxy) is 1. The second-order valence-electron chi connectivity index (χ2n) is 5.36. The van der Waals surface area contributed by atoms with Gasteiger partial charge in [0.2, 0.25) is 11.8 Å². The summed E-state index contributed by atoms with van der Waals surface area (Å²) in [5, 5.41) is 8.76. The van der Waals surface area contributed by atoms with Crippen LogP contribution in [0.1, 0.15) is 32.1 Å². The summed E-state index contributed by atoms with van der Waals surface area (Å²) in [4.78, 5) is 28.2. The predicted octanol–water partition coefficient (Wildman–Crippen LogP) is -0.00120. The van der Waals surface area contributed by atoms with Gasteiger partial charge in [-0.3, -0.25) is 9.59 Å². The third kappa shape index (κ3) is 3.70. The highest BCUT2D eigenvalue weighted by molar-refractivity contribution is 5.88. The molecular weight excluding hydrogens is 260 g/mol. The van der Waals surface area contributed by atoms with Gasteiger partial charge in [-0.15, -0.1) is 0 Å². The van der Waals surface area contributed by atoms with Gasteiger partial charge in [0, 0.05) is 32.7 Å². The van der Waals surface area contributed by atoms with Crippen LogP contribution in [0.2, 0.25) is 0 Å². The number of hydrogen-bond acceptors (Lipinski definition) is 4. The highest BCUT2D eigenvalue weighted by Gasteiger charge is 2.36. The van der Waals surface area contributed by atoms with E-state index in [4.69, 9.17) is 9.84 Å². The molecule has 2 aliphatic rings. The molecule has 0 radical (unpaired) electrons. The molecule has 2 fully saturated rings. The summed E-state index contributed by atoms with van der Waals surface area (Å²) in [6.07, 6.45) is 3.41. The Bertz CT molecular complexity index is 342. The molecule has 1 unspecified atom stereocenters. The van der Waals surface area contributed by atoms with Crippen molar-refractivity contribution in [3.8, 4) is 0 Å². The van der Waals surface area contributed by atoms with Gasteiger partial charge in [-0.1, -0.05) is 0 Å². The number of likely N-dealkylation sites (tertiary alicyclic amines) is 1. The van der Waals surface area contributed by atoms with Crippen molar-refractivity contribution in [1.29, 1.82) is 0 Å². The molecule has 2 amide bonds. The van der Waals surface area contributed by atoms with Gasteiger partial charge >= 0.3 is 0 Å². The number of unbranched alkanes of at least 4 members (excludes halogenated alkanes) is 1. The van der Waals surface area contributed by atoms with Crippen LogP contribution in [0, 0.1) is 0 Å². The number of rotatable bonds is 5. The Kier molecular flexibility index (Phi) is 5.79. The van der Waals surface area contributed by atoms with Gasteiger partial charge in [-0.25, -0.2) is 0 Å². The molecule has 0 saturated carbocycles. The molecule has 0 aromatic rings. The Morgan fingerprint density at radius 2 is 1.90 bits per heavy atom. The van der Waals surface area contributed by atoms with Crippen molar-refractivity contribution in [3.05, 3.63) is 0 Å². The highest BCUT2D eigenvalue weighted by Crippen LogP contribution is 2.21. The molecule has 0 aromatic carbocycles. The molecular formula is C14H24N2O4. The minimum atomic E-state index is -0.283. The number of morpholine rings is 1. The fourth-order valence-corrected chi connectivity index (χ4v) is 2.85. The maximum absolute atomic E-state index is 12.5. The van der Waals surface area contributed by atoms with Crippen molar-refractivity contribution in [2.24, 2.45) is 0 Å². The molecule has 2 heterocycles. The molecule has 20 heavy (non-hydrogen) atoms. The second kappa shape index (κ2) is 7.59. The Hall–Kier alpha value is -1.14. The van der Waals surface area contributed by atoms with Crippen molar-refractivity contribution in [2.75, 3.05) is 39.5 Å². The smallest absolute Gasteiger partial charge is 0.245 e. The number of amides is 2. The molecule has 2 rings (SSSR count). The molecule has 114 valence electrons. The van der Waals surface area contributed by atoms with Crippen LogP contribution in [-0.2, 0) is 14.3 Å². The van der Waals surface area contributed by atoms with Gasteiger partial charge in [-0.05, 0) is 25.7 Å². The van der Waals surface area contributed by atoms with Crippen LogP contribution in [0.3, 0.4) is 0 Å². The molecule has 6 heteroatoms. The van der Waals surface area contributed by atoms with E-state index in [-0.39, 0.29) is 24.5 Å². The van der Waals surface area contributed by atoms with E-state index < -0.39 is 0 Å². The maximum atomic E-state index is 12.5. The number of aliphatic hydroxyl groups is 1. The van der Waals surface area contributed by atoms with E-state index in [2.05, 4.69) is 0 Å². The maximum Gasteiger partial charge on any atom is 0.245 e. The third-order valence-electron chi connectivity index (χ3n) is 3.98. The second-order valence-corrected chi connectivity index (χ2v) is 5.36. The number of aliphatic hydroxyl groups excluding tert-OH is 1. The number of carbonyl (C=O) groups is 2. The van der Waals surface area contributed by atoms with Crippen molar-refractivity contribution < 1.29 is 19.4 Å². The summed E-state index contributed by atoms with van der Waals surface area (Å²) in [6, 6.07) is -0.283. The SMILES string of the molecule is O=C(C1CCCN1C(=O)CCCCO)N1CCOCC1. The number of hydrogen-bond donors (Lipinski definition) is 1. The average molecular weight is 284 g/mol. The van der Waals surface area contributed by atoms with Gasteiger partial charge < -0.3 is 19.6 Å². The monoisotopic (exact) mass is 284 g/mol. The molecule has 0 aromatic heterocycles. The fourth-order valence-electron chi connectivity index (χ4n) is 2.85. The Morgan fingerprint density at radius 3 is 2.60 bits per heavy atom. The van der Waals surface area contributed by atoms with E-state index in [9.17, 15) is 9.59 Å². The first kappa shape index (κ1) is 15.3. The van der Waals surface area contributed by atoms with E-state index in [1.165, 1.54) is 0 Å². The first-order chi connectivity index (χ1) is 9.74. The summed E-state index contributed by atoms with van der Waals surface area (Å²) < 4.78 is 5.25. The lowest BCUT2D eigenvalue weighted by atomic mass is 10.1. The van der Waals surface area contributed by atoms with E-state index in [1.54, 1.807) is 4.90 Å². The van der Waals surface area contributed by atoms with Crippen LogP contribution in [-0.4, -0.2) is 72.2 Å². The van der Waals surface area contributed by atoms with Gasteiger partial charge in [0.05, 0.1) is 13.2 Å². The molecule has 2 saturated heterocycles. The summed E-state index contributed by atoms with van der Waals surface area (Å²) in [5.41, 5.74) is 0. The Morgan fingerprint density at radius 1 is 1.15 bits per heavy atom. The van der Waals surface area contributed by atoms with Crippen LogP contribution in [0.15, 0.2) is 0 Å². The lowest BCUT2D eigenvalue weighted by Gasteiger charge is -2.32. The largest absolute Gasteiger partial charge is 0.396 e. The predicted molar refractivity (Wildman–Crippen MR) is 73.1 cm³/mol. The molecule has 0 aliphatic carbocycles. The van der Waals surface area contributed by atoms with Gasteiger partial charge in [0.25, 0.3) is 0 Å². The van der Waals surface area contributed by atoms with Crippen LogP contribution < -0.4 is 0 Å². The van der Waals surface area contributed by atoms with Crippen molar-refractivity contribution in [2.45, 2.75) is 38.1 Å². The van der Waals surface area contributed by atoms with Crippen LogP contribution in [0.4, 0.5) is 0 Å². The minimum Gasteiger partial charge on any atom is -0.396 e. The van der Waals surface area contributed by atoms with Gasteiger partial charge in [0.15, 0.2) is 0 Å². The normalized spacial score (nSPS) is 23.1. The number of nitrogens with zero attached hydrogens (tertiary/aromatic N) is 2. The fraction of sp³-hybridized carbons (Fsp3) is 0.857. The highest BCUT2D eigenvalue weighted by atomic mass is 16.5. The summed E-state index contributed by atoms with van der Waals surface area (Å²) in [6.45, 7) is 3.22. The minimum absolute atomic E-state index is 0.0440. The summed E-state index contributed by atoms with van der Waals surface area (Å²) in [7, 11) is 0. The van der Waals surface area contributed by atoms with Crippen molar-refractivity contribution in [1.82, 2.24) is 9.80 Å². The molecule has 1 atom stereocenters. The average Bonchev–Trinajstić information content (AvgIpc) is 2.97. The zero-order chi connectivity index (χ0) is 14.4. The zero-order valence-corrected chi connectivity index (χ0v) is 11.9. The van der Waals surface area contributed by atoms with E-state index >= 15 is 0 Å². The first-order valence-electron chi connectivity index (χ1n) is 7.51. The zero-order valence-electron chi connectivity index (χ0n) is 11.9. The molecule has 0 spiro atoms. The lowest BCUT2D eigenvalue weighted by Crippen LogP contribution is -2.51. The first-order valence-corrected chi connectivity index (χ1v) is 7.51. The van der Waals surface area contributed by atoms with Crippen LogP contribution in [0.5, 0.6) is 0 Å². The van der Waals surface area contributed by atoms with Crippen LogP contribution >= 0.6 is 0 Å². The summed E-state index contributed by atoms with van der Waals surface area (Å²) >= 11 is 0. The van der Waals surface area contributed by atoms with Crippen molar-refractivity contribution >= 4 is 11.8 Å². The standard InChI is InChI=1S/C14H24N2O4/c17-9-2-1-5-13(18)16-6-3-4-12(16)14(19)15-7-10-20-11-8-15/h12,17H,1-11H2. The lowest BCUT2D eigenvalue weighted by molar-refractivity contribution is -0.146. The molecule has 1 N–H and O–H groups in total.